The minimum Gasteiger partial charge on any atom is -0.478 e. The Kier molecular flexibility index (Phi) is 23.2. The molecule has 22 heteroatoms. The van der Waals surface area contributed by atoms with Crippen molar-refractivity contribution in [1.82, 2.24) is 40.0 Å². The van der Waals surface area contributed by atoms with Crippen LogP contribution in [0.15, 0.2) is 109 Å². The zero-order valence-corrected chi connectivity index (χ0v) is 78.6. The Morgan fingerprint density at radius 2 is 0.626 bits per heavy atom. The maximum atomic E-state index is 12.1. The second-order valence-corrected chi connectivity index (χ2v) is 44.4. The number of nitrogens with zero attached hydrogens (tertiary/aromatic N) is 6. The van der Waals surface area contributed by atoms with E-state index < -0.39 is 34.3 Å². The molecule has 0 radical (unpaired) electrons. The highest BCUT2D eigenvalue weighted by Gasteiger charge is 2.69. The summed E-state index contributed by atoms with van der Waals surface area (Å²) in [7, 11) is 14.3. The molecular formula is C109H142N10O12. The number of aliphatic hydroxyl groups is 4. The largest absolute Gasteiger partial charge is 0.478 e. The number of carboxylic acids is 2. The van der Waals surface area contributed by atoms with Gasteiger partial charge in [-0.15, -0.1) is 0 Å². The summed E-state index contributed by atoms with van der Waals surface area (Å²) in [4.78, 5) is 84.6. The lowest BCUT2D eigenvalue weighted by atomic mass is 9.52. The summed E-state index contributed by atoms with van der Waals surface area (Å²) < 4.78 is 0. The molecule has 4 amide bonds. The van der Waals surface area contributed by atoms with E-state index in [0.717, 1.165) is 209 Å². The Morgan fingerprint density at radius 1 is 0.328 bits per heavy atom. The van der Waals surface area contributed by atoms with E-state index in [1.165, 1.54) is 145 Å². The number of rotatable bonds is 8. The van der Waals surface area contributed by atoms with E-state index in [1.54, 1.807) is 26.2 Å². The summed E-state index contributed by atoms with van der Waals surface area (Å²) in [6, 6.07) is 37.8. The number of fused-ring (bicyclic) bond motifs is 6. The topological polar surface area (TPSA) is 319 Å². The number of carbonyl (C=O) groups is 6. The van der Waals surface area contributed by atoms with Crippen LogP contribution in [0.5, 0.6) is 0 Å². The first-order valence-electron chi connectivity index (χ1n) is 50.2. The molecule has 13 fully saturated rings. The number of primary amides is 2. The highest BCUT2D eigenvalue weighted by Crippen LogP contribution is 2.66. The number of benzene rings is 6. The van der Waals surface area contributed by atoms with Gasteiger partial charge in [0.15, 0.2) is 0 Å². The van der Waals surface area contributed by atoms with Crippen LogP contribution in [0.25, 0.3) is 0 Å². The number of hydrogen-bond donors (Lipinski definition) is 10. The fourth-order valence-corrected chi connectivity index (χ4v) is 32.5. The molecule has 700 valence electrons. The fraction of sp³-hybridized carbons (Fsp3) is 0.615. The summed E-state index contributed by atoms with van der Waals surface area (Å²) in [5, 5.41) is 70.4. The number of piperidine rings is 6. The molecule has 12 N–H and O–H groups in total. The van der Waals surface area contributed by atoms with E-state index in [9.17, 15) is 59.4 Å². The Hall–Kier alpha value is -8.26. The first kappa shape index (κ1) is 90.5. The van der Waals surface area contributed by atoms with Crippen LogP contribution in [-0.2, 0) is 71.0 Å². The van der Waals surface area contributed by atoms with Gasteiger partial charge in [-0.25, -0.2) is 9.59 Å². The number of carbonyl (C=O) groups excluding carboxylic acids is 4. The smallest absolute Gasteiger partial charge is 0.335 e. The van der Waals surface area contributed by atoms with Gasteiger partial charge in [0.05, 0.1) is 33.5 Å². The maximum absolute atomic E-state index is 12.1. The van der Waals surface area contributed by atoms with Crippen molar-refractivity contribution in [2.45, 2.75) is 309 Å². The predicted octanol–water partition coefficient (Wildman–Crippen LogP) is 12.2. The van der Waals surface area contributed by atoms with Crippen molar-refractivity contribution >= 4 is 35.6 Å². The minimum atomic E-state index is -0.884. The molecule has 6 aromatic carbocycles. The van der Waals surface area contributed by atoms with Crippen LogP contribution in [0.2, 0.25) is 0 Å². The number of likely N-dealkylation sites (N-methyl/N-ethyl adjacent to an activating group) is 5. The Labute approximate surface area is 773 Å². The molecule has 7 saturated carbocycles. The second kappa shape index (κ2) is 33.6. The van der Waals surface area contributed by atoms with Gasteiger partial charge in [0.1, 0.15) is 0 Å². The highest BCUT2D eigenvalue weighted by atomic mass is 16.4. The second-order valence-electron chi connectivity index (χ2n) is 44.4. The molecule has 18 atom stereocenters. The maximum Gasteiger partial charge on any atom is 0.335 e. The SMILES string of the molecule is CN1CC[C@]23CCCC[C@H]2[C@H]1Cc1ccc(C(=O)O)cc13.CN1CC[C@]23CCC[C@@]2(O)[C@H]1Cc1ccc(C(=O)O)cc13.CN1CC[C@]23CCC[C@@]2(O)[C@H]1Cc1ccc(C(N)=O)cc13.CNC(=O)c1ccc2c(c1)[C@@]13CCCC[C@H]1[C@@H](C2)N(C)CC3.CNC(=O)c1ccc2c(c1)[C@@]13CCC[C@@]1(O)[C@@H](C2)N(C)CC3.NC(=O)c1ccc2c(c1)[C@@]13CCC[C@@]1(O)[C@@H](C2)N(CC1CC1)CC3. The molecule has 6 aliphatic heterocycles. The first-order chi connectivity index (χ1) is 62.8. The van der Waals surface area contributed by atoms with E-state index in [0.29, 0.717) is 45.3 Å². The molecule has 0 aromatic heterocycles. The fourth-order valence-electron chi connectivity index (χ4n) is 32.5. The Bertz CT molecular complexity index is 5430. The van der Waals surface area contributed by atoms with Gasteiger partial charge in [-0.05, 0) is 424 Å². The van der Waals surface area contributed by atoms with E-state index in [4.69, 9.17) is 11.5 Å². The highest BCUT2D eigenvalue weighted by molar-refractivity contribution is 5.96. The van der Waals surface area contributed by atoms with Crippen LogP contribution in [0.1, 0.15) is 309 Å². The molecular weight excluding hydrogens is 1640 g/mol. The third-order valence-corrected chi connectivity index (χ3v) is 39.3. The molecule has 25 rings (SSSR count). The number of aromatic carboxylic acids is 2. The van der Waals surface area contributed by atoms with Crippen molar-refractivity contribution in [2.75, 3.05) is 95.1 Å². The number of nitrogens with two attached hydrogens (primary N) is 2. The van der Waals surface area contributed by atoms with E-state index in [2.05, 4.69) is 106 Å². The van der Waals surface area contributed by atoms with Gasteiger partial charge in [-0.1, -0.05) is 62.1 Å². The van der Waals surface area contributed by atoms with Gasteiger partial charge < -0.3 is 77.2 Å². The summed E-state index contributed by atoms with van der Waals surface area (Å²) >= 11 is 0. The molecule has 6 saturated heterocycles. The molecule has 22 nitrogen and oxygen atoms in total. The van der Waals surface area contributed by atoms with Crippen molar-refractivity contribution in [3.05, 3.63) is 209 Å². The van der Waals surface area contributed by atoms with Crippen LogP contribution >= 0.6 is 0 Å². The van der Waals surface area contributed by atoms with Crippen LogP contribution in [0, 0.1) is 17.8 Å². The van der Waals surface area contributed by atoms with Crippen molar-refractivity contribution in [3.8, 4) is 0 Å². The van der Waals surface area contributed by atoms with Gasteiger partial charge in [-0.2, -0.15) is 0 Å². The Balaban J connectivity index is 0.0000000982. The zero-order valence-electron chi connectivity index (χ0n) is 78.6. The molecule has 0 unspecified atom stereocenters. The van der Waals surface area contributed by atoms with Crippen molar-refractivity contribution in [1.29, 1.82) is 0 Å². The van der Waals surface area contributed by atoms with Gasteiger partial charge in [0.25, 0.3) is 11.8 Å². The van der Waals surface area contributed by atoms with E-state index >= 15 is 0 Å². The lowest BCUT2D eigenvalue weighted by Gasteiger charge is -2.59. The number of nitrogens with one attached hydrogen (secondary N) is 2. The summed E-state index contributed by atoms with van der Waals surface area (Å²) in [6.07, 6.45) is 37.1. The molecule has 0 spiro atoms. The van der Waals surface area contributed by atoms with Gasteiger partial charge >= 0.3 is 11.9 Å². The standard InChI is InChI=1S/C20H26N2O2.C19H26N2O.C18H24N2O2.C18H23NO2.C17H22N2O2.C17H21NO3/c21-18(23)15-5-4-14-11-17-20(24)7-1-6-19(20,16(14)10-15)8-9-22(17)12-13-2-3-13;1-20-18(22)14-7-6-13-12-17-15-5-3-4-8-19(15,16(13)11-14)9-10-21(17)2;1-19-16(21)13-5-4-12-11-15-18(22)7-3-6-17(18,14(12)10-13)8-9-20(15)2;1-19-9-8-18-7-3-2-4-14(18)16(19)11-12-5-6-13(17(20)21)10-15(12)18;1-19-8-7-16-5-2-6-17(16,21)14(19)10-11-3-4-12(15(18)20)9-13(11)16;1-18-8-7-16-5-2-6-17(16,21)14(18)10-11-3-4-12(15(19)20)9-13(11)16/h4-5,10,13,17,24H,1-3,6-9,11-12H2,(H2,21,23);6-7,11,15,17H,3-5,8-10,12H2,1-2H3,(H,20,22);4-5,10,15,22H,3,6-9,11H2,1-2H3,(H,19,21);5-6,10,14,16H,2-4,7-9,11H2,1H3,(H,20,21);3-4,9,14,21H,2,5-8,10H2,1H3,(H2,18,20);3-4,9,14,21H,2,5-8,10H2,1H3,(H,19,20)/t17-,19+,20-;15-,17+,19+;15-,17+,18-;14-,16+,18+;2*14-,16+,17-/m101011/s1. The average molecular weight is 1780 g/mol. The summed E-state index contributed by atoms with van der Waals surface area (Å²) in [5.41, 5.74) is 27.4. The predicted molar refractivity (Wildman–Crippen MR) is 506 cm³/mol. The van der Waals surface area contributed by atoms with Gasteiger partial charge in [-0.3, -0.25) is 24.1 Å². The van der Waals surface area contributed by atoms with Crippen molar-refractivity contribution < 1.29 is 59.4 Å². The van der Waals surface area contributed by atoms with Crippen LogP contribution in [-0.4, -0.2) is 249 Å². The third kappa shape index (κ3) is 14.0. The third-order valence-electron chi connectivity index (χ3n) is 39.3. The van der Waals surface area contributed by atoms with Crippen molar-refractivity contribution in [3.63, 3.8) is 0 Å². The van der Waals surface area contributed by atoms with Gasteiger partial charge in [0, 0.05) is 112 Å². The summed E-state index contributed by atoms with van der Waals surface area (Å²) in [5.74, 6) is -0.0790. The zero-order chi connectivity index (χ0) is 91.7. The van der Waals surface area contributed by atoms with E-state index in [-0.39, 0.29) is 74.9 Å². The molecule has 6 heterocycles. The number of amides is 4. The lowest BCUT2D eigenvalue weighted by molar-refractivity contribution is -0.130. The summed E-state index contributed by atoms with van der Waals surface area (Å²) in [6.45, 7) is 7.58. The number of carboxylic acid groups (broad SMARTS) is 2. The molecule has 13 aliphatic carbocycles. The van der Waals surface area contributed by atoms with Crippen LogP contribution < -0.4 is 22.1 Å². The normalized spacial score (nSPS) is 36.5. The molecule has 6 aromatic rings. The van der Waals surface area contributed by atoms with E-state index in [1.807, 2.05) is 66.7 Å². The molecule has 12 bridgehead atoms. The monoisotopic (exact) mass is 1780 g/mol. The first-order valence-corrected chi connectivity index (χ1v) is 50.2. The Morgan fingerprint density at radius 3 is 0.977 bits per heavy atom. The average Bonchev–Trinajstić information content (AvgIpc) is 1.55. The van der Waals surface area contributed by atoms with Gasteiger partial charge in [0.2, 0.25) is 11.8 Å². The minimum absolute atomic E-state index is 0.0432. The quantitative estimate of drug-likeness (QED) is 0.0677. The van der Waals surface area contributed by atoms with Crippen molar-refractivity contribution in [2.24, 2.45) is 29.2 Å². The number of hydrogen-bond acceptors (Lipinski definition) is 16. The lowest BCUT2D eigenvalue weighted by Crippen LogP contribution is -2.69. The number of likely N-dealkylation sites (tertiary alicyclic amines) is 6. The van der Waals surface area contributed by atoms with Crippen LogP contribution in [0.4, 0.5) is 0 Å². The molecule has 131 heavy (non-hydrogen) atoms. The van der Waals surface area contributed by atoms with Crippen LogP contribution in [0.3, 0.4) is 0 Å². The molecule has 19 aliphatic rings.